The maximum Gasteiger partial charge on any atom is 0.178 e. The summed E-state index contributed by atoms with van der Waals surface area (Å²) < 4.78 is 29.0. The van der Waals surface area contributed by atoms with Crippen LogP contribution in [0, 0.1) is 0 Å². The highest BCUT2D eigenvalue weighted by Crippen LogP contribution is 2.19. The summed E-state index contributed by atoms with van der Waals surface area (Å²) in [7, 11) is -1.46. The van der Waals surface area contributed by atoms with Crippen LogP contribution in [-0.4, -0.2) is 46.3 Å². The third kappa shape index (κ3) is 5.07. The number of hydrogen-bond donors (Lipinski definition) is 0. The Hall–Kier alpha value is -0.590. The number of nitrogens with zero attached hydrogens (tertiary/aromatic N) is 1. The molecule has 0 aliphatic carbocycles. The van der Waals surface area contributed by atoms with Crippen molar-refractivity contribution < 1.29 is 13.2 Å². The molecule has 0 aromatic heterocycles. The summed E-state index contributed by atoms with van der Waals surface area (Å²) in [4.78, 5) is 2.56. The third-order valence-corrected chi connectivity index (χ3v) is 5.24. The molecule has 6 heteroatoms. The highest BCUT2D eigenvalue weighted by molar-refractivity contribution is 9.09. The van der Waals surface area contributed by atoms with Crippen LogP contribution in [-0.2, 0) is 14.6 Å². The first-order valence-electron chi connectivity index (χ1n) is 6.67. The van der Waals surface area contributed by atoms with Gasteiger partial charge in [0, 0.05) is 31.2 Å². The van der Waals surface area contributed by atoms with Gasteiger partial charge in [0.15, 0.2) is 9.84 Å². The molecule has 114 valence electrons. The minimum Gasteiger partial charge on any atom is -0.383 e. The van der Waals surface area contributed by atoms with Crippen LogP contribution in [0.3, 0.4) is 0 Å². The van der Waals surface area contributed by atoms with Gasteiger partial charge in [-0.2, -0.15) is 0 Å². The smallest absolute Gasteiger partial charge is 0.178 e. The van der Waals surface area contributed by atoms with Gasteiger partial charge in [-0.15, -0.1) is 0 Å². The van der Waals surface area contributed by atoms with E-state index in [2.05, 4.69) is 20.8 Å². The Labute approximate surface area is 130 Å². The van der Waals surface area contributed by atoms with Crippen LogP contribution in [0.25, 0.3) is 0 Å². The molecule has 0 spiro atoms. The monoisotopic (exact) mass is 363 g/mol. The van der Waals surface area contributed by atoms with Crippen molar-refractivity contribution in [3.8, 4) is 0 Å². The zero-order valence-electron chi connectivity index (χ0n) is 12.0. The zero-order valence-corrected chi connectivity index (χ0v) is 14.4. The Kier molecular flexibility index (Phi) is 7.55. The normalized spacial score (nSPS) is 11.6. The first-order valence-corrected chi connectivity index (χ1v) is 9.45. The van der Waals surface area contributed by atoms with Gasteiger partial charge in [-0.25, -0.2) is 8.42 Å². The van der Waals surface area contributed by atoms with Crippen LogP contribution in [0.15, 0.2) is 29.2 Å². The van der Waals surface area contributed by atoms with Crippen LogP contribution in [0.4, 0.5) is 5.69 Å². The fourth-order valence-electron chi connectivity index (χ4n) is 1.92. The van der Waals surface area contributed by atoms with Crippen LogP contribution in [0.1, 0.15) is 13.3 Å². The average molecular weight is 364 g/mol. The number of benzene rings is 1. The molecule has 0 aliphatic heterocycles. The predicted molar refractivity (Wildman–Crippen MR) is 86.7 cm³/mol. The Morgan fingerprint density at radius 1 is 1.20 bits per heavy atom. The second-order valence-electron chi connectivity index (χ2n) is 4.48. The van der Waals surface area contributed by atoms with Gasteiger partial charge in [-0.1, -0.05) is 22.9 Å². The van der Waals surface area contributed by atoms with E-state index in [0.29, 0.717) is 17.9 Å². The van der Waals surface area contributed by atoms with Gasteiger partial charge in [0.1, 0.15) is 0 Å². The zero-order chi connectivity index (χ0) is 15.0. The number of alkyl halides is 1. The van der Waals surface area contributed by atoms with Crippen molar-refractivity contribution in [3.05, 3.63) is 24.3 Å². The van der Waals surface area contributed by atoms with Crippen molar-refractivity contribution in [3.63, 3.8) is 0 Å². The maximum atomic E-state index is 12.0. The van der Waals surface area contributed by atoms with Crippen molar-refractivity contribution in [2.75, 3.05) is 42.8 Å². The van der Waals surface area contributed by atoms with Gasteiger partial charge in [0.05, 0.1) is 17.3 Å². The minimum atomic E-state index is -3.13. The van der Waals surface area contributed by atoms with E-state index in [4.69, 9.17) is 4.74 Å². The fraction of sp³-hybridized carbons (Fsp3) is 0.571. The molecule has 0 heterocycles. The Morgan fingerprint density at radius 3 is 2.35 bits per heavy atom. The lowest BCUT2D eigenvalue weighted by Crippen LogP contribution is -2.29. The van der Waals surface area contributed by atoms with E-state index in [1.165, 1.54) is 0 Å². The Morgan fingerprint density at radius 2 is 1.85 bits per heavy atom. The molecule has 0 amide bonds. The number of anilines is 1. The van der Waals surface area contributed by atoms with Crippen LogP contribution >= 0.6 is 15.9 Å². The first kappa shape index (κ1) is 17.5. The van der Waals surface area contributed by atoms with Crippen molar-refractivity contribution in [2.45, 2.75) is 18.2 Å². The van der Waals surface area contributed by atoms with Crippen molar-refractivity contribution >= 4 is 31.5 Å². The van der Waals surface area contributed by atoms with Gasteiger partial charge in [0.2, 0.25) is 0 Å². The number of sulfone groups is 1. The topological polar surface area (TPSA) is 46.6 Å². The van der Waals surface area contributed by atoms with Gasteiger partial charge in [-0.3, -0.25) is 0 Å². The third-order valence-electron chi connectivity index (χ3n) is 2.95. The molecule has 0 aliphatic rings. The number of methoxy groups -OCH3 is 1. The van der Waals surface area contributed by atoms with E-state index in [9.17, 15) is 8.42 Å². The lowest BCUT2D eigenvalue weighted by molar-refractivity contribution is 0.205. The summed E-state index contributed by atoms with van der Waals surface area (Å²) in [5.41, 5.74) is 1.01. The quantitative estimate of drug-likeness (QED) is 0.632. The van der Waals surface area contributed by atoms with Gasteiger partial charge in [-0.05, 0) is 30.7 Å². The number of ether oxygens (including phenoxy) is 1. The fourth-order valence-corrected chi connectivity index (χ4v) is 3.68. The lowest BCUT2D eigenvalue weighted by atomic mass is 10.3. The highest BCUT2D eigenvalue weighted by atomic mass is 79.9. The molecule has 1 rings (SSSR count). The molecule has 0 saturated carbocycles. The molecule has 0 fully saturated rings. The number of rotatable bonds is 9. The van der Waals surface area contributed by atoms with Gasteiger partial charge < -0.3 is 9.64 Å². The van der Waals surface area contributed by atoms with Crippen LogP contribution in [0.5, 0.6) is 0 Å². The molecule has 0 unspecified atom stereocenters. The summed E-state index contributed by atoms with van der Waals surface area (Å²) in [5, 5.41) is 0.854. The summed E-state index contributed by atoms with van der Waals surface area (Å²) in [6.45, 7) is 4.14. The number of halogens is 1. The SMILES string of the molecule is CCCS(=O)(=O)c1ccc(N(CCBr)CCOC)cc1. The molecular weight excluding hydrogens is 342 g/mol. The molecule has 4 nitrogen and oxygen atoms in total. The van der Waals surface area contributed by atoms with E-state index in [1.54, 1.807) is 19.2 Å². The lowest BCUT2D eigenvalue weighted by Gasteiger charge is -2.23. The minimum absolute atomic E-state index is 0.196. The molecule has 0 radical (unpaired) electrons. The molecule has 1 aromatic carbocycles. The van der Waals surface area contributed by atoms with E-state index in [1.807, 2.05) is 19.1 Å². The standard InChI is InChI=1S/C14H22BrNO3S/c1-3-12-20(17,18)14-6-4-13(5-7-14)16(9-8-15)10-11-19-2/h4-7H,3,8-12H2,1-2H3. The van der Waals surface area contributed by atoms with Crippen LogP contribution < -0.4 is 4.90 Å². The molecule has 0 N–H and O–H groups in total. The second-order valence-corrected chi connectivity index (χ2v) is 7.38. The average Bonchev–Trinajstić information content (AvgIpc) is 2.43. The Bertz CT molecular complexity index is 488. The maximum absolute atomic E-state index is 12.0. The van der Waals surface area contributed by atoms with E-state index in [0.717, 1.165) is 24.1 Å². The molecule has 1 aromatic rings. The van der Waals surface area contributed by atoms with Crippen molar-refractivity contribution in [2.24, 2.45) is 0 Å². The second kappa shape index (κ2) is 8.64. The van der Waals surface area contributed by atoms with E-state index in [-0.39, 0.29) is 5.75 Å². The molecule has 0 bridgehead atoms. The van der Waals surface area contributed by atoms with Crippen molar-refractivity contribution in [1.29, 1.82) is 0 Å². The first-order chi connectivity index (χ1) is 9.55. The summed E-state index contributed by atoms with van der Waals surface area (Å²) in [5.74, 6) is 0.196. The molecule has 20 heavy (non-hydrogen) atoms. The molecule has 0 saturated heterocycles. The summed E-state index contributed by atoms with van der Waals surface area (Å²) in [6, 6.07) is 7.10. The largest absolute Gasteiger partial charge is 0.383 e. The van der Waals surface area contributed by atoms with E-state index < -0.39 is 9.84 Å². The van der Waals surface area contributed by atoms with Gasteiger partial charge >= 0.3 is 0 Å². The Balaban J connectivity index is 2.87. The molecule has 0 atom stereocenters. The predicted octanol–water partition coefficient (Wildman–Crippen LogP) is 2.72. The molecular formula is C14H22BrNO3S. The van der Waals surface area contributed by atoms with Crippen molar-refractivity contribution in [1.82, 2.24) is 0 Å². The van der Waals surface area contributed by atoms with Crippen LogP contribution in [0.2, 0.25) is 0 Å². The summed E-state index contributed by atoms with van der Waals surface area (Å²) >= 11 is 3.43. The highest BCUT2D eigenvalue weighted by Gasteiger charge is 2.13. The summed E-state index contributed by atoms with van der Waals surface area (Å²) in [6.07, 6.45) is 0.633. The van der Waals surface area contributed by atoms with E-state index >= 15 is 0 Å². The van der Waals surface area contributed by atoms with Gasteiger partial charge in [0.25, 0.3) is 0 Å². The number of hydrogen-bond acceptors (Lipinski definition) is 4.